The summed E-state index contributed by atoms with van der Waals surface area (Å²) in [6.45, 7) is 5.09. The van der Waals surface area contributed by atoms with Gasteiger partial charge in [0.1, 0.15) is 17.7 Å². The van der Waals surface area contributed by atoms with E-state index in [1.54, 1.807) is 0 Å². The van der Waals surface area contributed by atoms with Crippen molar-refractivity contribution in [1.29, 1.82) is 10.5 Å². The molecule has 1 saturated heterocycles. The largest absolute Gasteiger partial charge is 0.369 e. The second-order valence-corrected chi connectivity index (χ2v) is 12.7. The number of sulfonamides is 1. The number of nitro groups is 2. The quantitative estimate of drug-likeness (QED) is 0.241. The van der Waals surface area contributed by atoms with Crippen LogP contribution >= 0.6 is 0 Å². The summed E-state index contributed by atoms with van der Waals surface area (Å²) < 4.78 is 27.6. The number of anilines is 1. The highest BCUT2D eigenvalue weighted by molar-refractivity contribution is 7.89. The van der Waals surface area contributed by atoms with E-state index in [1.807, 2.05) is 59.5 Å². The van der Waals surface area contributed by atoms with Gasteiger partial charge in [0.05, 0.1) is 15.9 Å². The van der Waals surface area contributed by atoms with Crippen LogP contribution in [0.1, 0.15) is 32.3 Å². The molecule has 42 heavy (non-hydrogen) atoms. The molecule has 0 radical (unpaired) electrons. The first-order valence-corrected chi connectivity index (χ1v) is 14.5. The zero-order chi connectivity index (χ0) is 30.7. The Balaban J connectivity index is 1.44. The van der Waals surface area contributed by atoms with Gasteiger partial charge in [0.15, 0.2) is 4.90 Å². The molecule has 2 aromatic rings. The minimum atomic E-state index is -4.24. The van der Waals surface area contributed by atoms with Crippen LogP contribution in [0, 0.1) is 48.3 Å². The summed E-state index contributed by atoms with van der Waals surface area (Å²) >= 11 is 0. The highest BCUT2D eigenvalue weighted by Crippen LogP contribution is 2.39. The first-order chi connectivity index (χ1) is 19.8. The predicted molar refractivity (Wildman–Crippen MR) is 156 cm³/mol. The average molecular weight is 589 g/mol. The number of nitrogens with zero attached hydrogens (tertiary/aromatic N) is 6. The molecule has 0 atom stereocenters. The number of non-ortho nitro benzene ring substituents is 1. The number of benzene rings is 2. The van der Waals surface area contributed by atoms with E-state index in [1.165, 1.54) is 0 Å². The van der Waals surface area contributed by atoms with Crippen molar-refractivity contribution >= 4 is 33.2 Å². The lowest BCUT2D eigenvalue weighted by Crippen LogP contribution is -2.48. The monoisotopic (exact) mass is 588 g/mol. The molecule has 1 heterocycles. The van der Waals surface area contributed by atoms with Crippen molar-refractivity contribution in [1.82, 2.24) is 4.31 Å². The van der Waals surface area contributed by atoms with Crippen LogP contribution in [0.5, 0.6) is 0 Å². The number of piperazine rings is 1. The van der Waals surface area contributed by atoms with Crippen LogP contribution in [-0.4, -0.2) is 48.7 Å². The maximum Gasteiger partial charge on any atom is 0.296 e. The number of nitriles is 2. The molecule has 1 aliphatic heterocycles. The van der Waals surface area contributed by atoms with Gasteiger partial charge in [-0.2, -0.15) is 14.8 Å². The SMILES string of the molecule is CC1(C)CC(/C=C/c2ccc(N3CCN(S(=O)(=O)c4ccc([N+](=O)[O-])cc4[N+](=O)[O-])CC3)cc2)=CC(=C(C#N)C#N)C1. The summed E-state index contributed by atoms with van der Waals surface area (Å²) in [5.74, 6) is 0. The number of nitro benzene ring substituents is 2. The molecule has 0 amide bonds. The molecule has 1 aliphatic carbocycles. The molecule has 2 aromatic carbocycles. The Morgan fingerprint density at radius 2 is 1.57 bits per heavy atom. The molecule has 0 spiro atoms. The van der Waals surface area contributed by atoms with E-state index in [0.29, 0.717) is 25.6 Å². The van der Waals surface area contributed by atoms with Crippen LogP contribution < -0.4 is 4.90 Å². The molecule has 0 saturated carbocycles. The van der Waals surface area contributed by atoms with Gasteiger partial charge in [0.25, 0.3) is 11.4 Å². The Hall–Kier alpha value is -4.85. The van der Waals surface area contributed by atoms with Gasteiger partial charge in [-0.25, -0.2) is 8.42 Å². The van der Waals surface area contributed by atoms with Gasteiger partial charge < -0.3 is 4.90 Å². The van der Waals surface area contributed by atoms with Crippen LogP contribution in [0.4, 0.5) is 17.1 Å². The van der Waals surface area contributed by atoms with Crippen LogP contribution in [0.15, 0.2) is 76.2 Å². The van der Waals surface area contributed by atoms with E-state index in [-0.39, 0.29) is 24.1 Å². The fourth-order valence-corrected chi connectivity index (χ4v) is 6.76. The summed E-state index contributed by atoms with van der Waals surface area (Å²) in [6, 6.07) is 14.2. The Bertz CT molecular complexity index is 1690. The van der Waals surface area contributed by atoms with Gasteiger partial charge >= 0.3 is 0 Å². The minimum Gasteiger partial charge on any atom is -0.369 e. The van der Waals surface area contributed by atoms with E-state index in [4.69, 9.17) is 0 Å². The topological polar surface area (TPSA) is 174 Å². The van der Waals surface area contributed by atoms with Crippen molar-refractivity contribution < 1.29 is 18.3 Å². The van der Waals surface area contributed by atoms with E-state index in [9.17, 15) is 39.2 Å². The van der Waals surface area contributed by atoms with Gasteiger partial charge in [-0.3, -0.25) is 20.2 Å². The van der Waals surface area contributed by atoms with Gasteiger partial charge in [0.2, 0.25) is 10.0 Å². The van der Waals surface area contributed by atoms with Gasteiger partial charge in [0, 0.05) is 37.9 Å². The molecule has 4 rings (SSSR count). The number of rotatable bonds is 7. The van der Waals surface area contributed by atoms with Crippen LogP contribution in [-0.2, 0) is 10.0 Å². The maximum atomic E-state index is 13.2. The van der Waals surface area contributed by atoms with Gasteiger partial charge in [-0.05, 0) is 53.2 Å². The van der Waals surface area contributed by atoms with E-state index >= 15 is 0 Å². The van der Waals surface area contributed by atoms with Crippen molar-refractivity contribution in [2.75, 3.05) is 31.1 Å². The number of allylic oxidation sites excluding steroid dienone is 5. The maximum absolute atomic E-state index is 13.2. The number of hydrogen-bond acceptors (Lipinski definition) is 9. The second kappa shape index (κ2) is 11.9. The predicted octanol–water partition coefficient (Wildman–Crippen LogP) is 5.12. The average Bonchev–Trinajstić information content (AvgIpc) is 2.96. The molecule has 216 valence electrons. The Kier molecular flexibility index (Phi) is 8.56. The van der Waals surface area contributed by atoms with Crippen molar-refractivity contribution in [3.63, 3.8) is 0 Å². The number of hydrogen-bond donors (Lipinski definition) is 0. The zero-order valence-electron chi connectivity index (χ0n) is 23.1. The third kappa shape index (κ3) is 6.54. The summed E-state index contributed by atoms with van der Waals surface area (Å²) in [4.78, 5) is 22.2. The van der Waals surface area contributed by atoms with Gasteiger partial charge in [-0.15, -0.1) is 0 Å². The normalized spacial score (nSPS) is 17.3. The first kappa shape index (κ1) is 30.1. The molecule has 0 unspecified atom stereocenters. The molecule has 0 aromatic heterocycles. The lowest BCUT2D eigenvalue weighted by molar-refractivity contribution is -0.396. The van der Waals surface area contributed by atoms with E-state index in [2.05, 4.69) is 13.8 Å². The van der Waals surface area contributed by atoms with Crippen molar-refractivity contribution in [3.8, 4) is 12.1 Å². The lowest BCUT2D eigenvalue weighted by atomic mass is 9.74. The Labute approximate surface area is 243 Å². The summed E-state index contributed by atoms with van der Waals surface area (Å²) in [5.41, 5.74) is 2.28. The highest BCUT2D eigenvalue weighted by atomic mass is 32.2. The van der Waals surface area contributed by atoms with Crippen molar-refractivity contribution in [3.05, 3.63) is 97.1 Å². The highest BCUT2D eigenvalue weighted by Gasteiger charge is 2.35. The van der Waals surface area contributed by atoms with Gasteiger partial charge in [-0.1, -0.05) is 44.2 Å². The Morgan fingerprint density at radius 3 is 2.14 bits per heavy atom. The van der Waals surface area contributed by atoms with Crippen LogP contribution in [0.2, 0.25) is 0 Å². The zero-order valence-corrected chi connectivity index (χ0v) is 23.9. The lowest BCUT2D eigenvalue weighted by Gasteiger charge is -2.35. The van der Waals surface area contributed by atoms with Crippen molar-refractivity contribution in [2.24, 2.45) is 5.41 Å². The molecule has 13 heteroatoms. The molecule has 2 aliphatic rings. The third-order valence-electron chi connectivity index (χ3n) is 7.21. The smallest absolute Gasteiger partial charge is 0.296 e. The van der Waals surface area contributed by atoms with Crippen LogP contribution in [0.3, 0.4) is 0 Å². The summed E-state index contributed by atoms with van der Waals surface area (Å²) in [5, 5.41) is 41.0. The third-order valence-corrected chi connectivity index (χ3v) is 9.16. The molecular formula is C29H28N6O6S. The molecular weight excluding hydrogens is 560 g/mol. The van der Waals surface area contributed by atoms with Crippen molar-refractivity contribution in [2.45, 2.75) is 31.6 Å². The molecule has 0 N–H and O–H groups in total. The fourth-order valence-electron chi connectivity index (χ4n) is 5.20. The fraction of sp³-hybridized carbons (Fsp3) is 0.310. The minimum absolute atomic E-state index is 0.0778. The molecule has 12 nitrogen and oxygen atoms in total. The van der Waals surface area contributed by atoms with E-state index < -0.39 is 36.1 Å². The van der Waals surface area contributed by atoms with E-state index in [0.717, 1.165) is 45.3 Å². The summed E-state index contributed by atoms with van der Waals surface area (Å²) in [7, 11) is -4.24. The standard InChI is InChI=1S/C29H28N6O6S/c1-29(2)17-22(15-23(18-29)24(19-30)20-31)4-3-21-5-7-25(8-6-21)32-11-13-33(14-12-32)42(40,41)28-10-9-26(34(36)37)16-27(28)35(38)39/h3-10,15-16H,11-14,17-18H2,1-2H3/b4-3+. The molecule has 0 bridgehead atoms. The van der Waals surface area contributed by atoms with Crippen LogP contribution in [0.25, 0.3) is 6.08 Å². The second-order valence-electron chi connectivity index (χ2n) is 10.8. The Morgan fingerprint density at radius 1 is 0.929 bits per heavy atom. The molecule has 1 fully saturated rings. The first-order valence-electron chi connectivity index (χ1n) is 13.0. The summed E-state index contributed by atoms with van der Waals surface area (Å²) in [6.07, 6.45) is 7.34.